The standard InChI is InChI=1S/C12H17N3S/c1-15-8-9(7-14-12(15)13)10-5-3-4-6-11(10)16-2/h3-6,9H,7-8H2,1-2H3,(H2,13,14). The van der Waals surface area contributed by atoms with E-state index in [1.165, 1.54) is 10.5 Å². The average molecular weight is 235 g/mol. The minimum Gasteiger partial charge on any atom is -0.370 e. The van der Waals surface area contributed by atoms with Crippen molar-refractivity contribution in [3.05, 3.63) is 29.8 Å². The number of hydrogen-bond acceptors (Lipinski definition) is 4. The molecule has 86 valence electrons. The maximum absolute atomic E-state index is 5.76. The van der Waals surface area contributed by atoms with Gasteiger partial charge in [-0.25, -0.2) is 0 Å². The number of likely N-dealkylation sites (N-methyl/N-ethyl adjacent to an activating group) is 1. The van der Waals surface area contributed by atoms with Crippen LogP contribution in [0.25, 0.3) is 0 Å². The Morgan fingerprint density at radius 3 is 2.88 bits per heavy atom. The number of thioether (sulfide) groups is 1. The van der Waals surface area contributed by atoms with Crippen LogP contribution in [0.2, 0.25) is 0 Å². The Hall–Kier alpha value is -1.16. The van der Waals surface area contributed by atoms with E-state index in [9.17, 15) is 0 Å². The summed E-state index contributed by atoms with van der Waals surface area (Å²) in [6, 6.07) is 8.54. The highest BCUT2D eigenvalue weighted by molar-refractivity contribution is 7.98. The molecule has 0 amide bonds. The Morgan fingerprint density at radius 2 is 2.19 bits per heavy atom. The van der Waals surface area contributed by atoms with E-state index in [1.807, 2.05) is 11.9 Å². The van der Waals surface area contributed by atoms with E-state index < -0.39 is 0 Å². The van der Waals surface area contributed by atoms with Crippen LogP contribution in [0.1, 0.15) is 11.5 Å². The largest absolute Gasteiger partial charge is 0.370 e. The number of guanidine groups is 1. The zero-order valence-corrected chi connectivity index (χ0v) is 10.5. The highest BCUT2D eigenvalue weighted by Gasteiger charge is 2.21. The minimum atomic E-state index is 0.459. The van der Waals surface area contributed by atoms with Gasteiger partial charge in [-0.2, -0.15) is 0 Å². The van der Waals surface area contributed by atoms with Crippen molar-refractivity contribution in [3.63, 3.8) is 0 Å². The van der Waals surface area contributed by atoms with Crippen molar-refractivity contribution in [3.8, 4) is 0 Å². The van der Waals surface area contributed by atoms with E-state index in [1.54, 1.807) is 11.8 Å². The molecule has 16 heavy (non-hydrogen) atoms. The van der Waals surface area contributed by atoms with Crippen molar-refractivity contribution < 1.29 is 0 Å². The molecule has 4 heteroatoms. The molecule has 0 aromatic heterocycles. The molecule has 1 heterocycles. The summed E-state index contributed by atoms with van der Waals surface area (Å²) in [6.07, 6.45) is 2.11. The minimum absolute atomic E-state index is 0.459. The highest BCUT2D eigenvalue weighted by atomic mass is 32.2. The SMILES string of the molecule is CSc1ccccc1C1CN=C(N)N(C)C1. The molecule has 0 aliphatic carbocycles. The fourth-order valence-electron chi connectivity index (χ4n) is 2.01. The van der Waals surface area contributed by atoms with Crippen LogP contribution in [0.15, 0.2) is 34.2 Å². The van der Waals surface area contributed by atoms with Gasteiger partial charge < -0.3 is 10.6 Å². The molecule has 0 radical (unpaired) electrons. The molecular formula is C12H17N3S. The second kappa shape index (κ2) is 4.78. The van der Waals surface area contributed by atoms with Gasteiger partial charge in [0.2, 0.25) is 0 Å². The molecule has 0 saturated heterocycles. The second-order valence-electron chi connectivity index (χ2n) is 4.02. The van der Waals surface area contributed by atoms with Crippen molar-refractivity contribution >= 4 is 17.7 Å². The molecule has 2 N–H and O–H groups in total. The van der Waals surface area contributed by atoms with Gasteiger partial charge in [0.15, 0.2) is 5.96 Å². The number of nitrogens with zero attached hydrogens (tertiary/aromatic N) is 2. The first-order chi connectivity index (χ1) is 7.72. The summed E-state index contributed by atoms with van der Waals surface area (Å²) in [7, 11) is 1.99. The average Bonchev–Trinajstić information content (AvgIpc) is 2.32. The molecule has 3 nitrogen and oxygen atoms in total. The monoisotopic (exact) mass is 235 g/mol. The molecular weight excluding hydrogens is 218 g/mol. The van der Waals surface area contributed by atoms with Crippen molar-refractivity contribution in [2.24, 2.45) is 10.7 Å². The van der Waals surface area contributed by atoms with Gasteiger partial charge in [-0.05, 0) is 17.9 Å². The van der Waals surface area contributed by atoms with Crippen LogP contribution in [0.5, 0.6) is 0 Å². The molecule has 1 aliphatic rings. The third kappa shape index (κ3) is 2.16. The van der Waals surface area contributed by atoms with Gasteiger partial charge in [-0.3, -0.25) is 4.99 Å². The molecule has 0 fully saturated rings. The molecule has 0 bridgehead atoms. The van der Waals surface area contributed by atoms with E-state index in [-0.39, 0.29) is 0 Å². The van der Waals surface area contributed by atoms with Gasteiger partial charge in [-0.15, -0.1) is 11.8 Å². The number of rotatable bonds is 2. The lowest BCUT2D eigenvalue weighted by Crippen LogP contribution is -2.41. The fourth-order valence-corrected chi connectivity index (χ4v) is 2.69. The first kappa shape index (κ1) is 11.3. The normalized spacial score (nSPS) is 20.8. The van der Waals surface area contributed by atoms with E-state index in [0.717, 1.165) is 13.1 Å². The van der Waals surface area contributed by atoms with Crippen molar-refractivity contribution in [2.75, 3.05) is 26.4 Å². The molecule has 1 aromatic carbocycles. The lowest BCUT2D eigenvalue weighted by Gasteiger charge is -2.29. The van der Waals surface area contributed by atoms with Gasteiger partial charge in [-0.1, -0.05) is 18.2 Å². The Labute approximate surface area is 101 Å². The van der Waals surface area contributed by atoms with Crippen LogP contribution in [0, 0.1) is 0 Å². The number of nitrogens with two attached hydrogens (primary N) is 1. The second-order valence-corrected chi connectivity index (χ2v) is 4.87. The summed E-state index contributed by atoms with van der Waals surface area (Å²) in [4.78, 5) is 7.72. The van der Waals surface area contributed by atoms with Crippen molar-refractivity contribution in [1.82, 2.24) is 4.90 Å². The van der Waals surface area contributed by atoms with E-state index in [4.69, 9.17) is 5.73 Å². The van der Waals surface area contributed by atoms with Crippen LogP contribution in [-0.2, 0) is 0 Å². The van der Waals surface area contributed by atoms with E-state index in [0.29, 0.717) is 11.9 Å². The van der Waals surface area contributed by atoms with E-state index >= 15 is 0 Å². The molecule has 1 aromatic rings. The first-order valence-electron chi connectivity index (χ1n) is 5.36. The predicted octanol–water partition coefficient (Wildman–Crippen LogP) is 1.75. The van der Waals surface area contributed by atoms with Crippen LogP contribution < -0.4 is 5.73 Å². The van der Waals surface area contributed by atoms with Gasteiger partial charge in [0.25, 0.3) is 0 Å². The molecule has 0 spiro atoms. The lowest BCUT2D eigenvalue weighted by molar-refractivity contribution is 0.419. The zero-order chi connectivity index (χ0) is 11.5. The number of aliphatic imine (C=N–C) groups is 1. The Balaban J connectivity index is 2.25. The lowest BCUT2D eigenvalue weighted by atomic mass is 9.98. The molecule has 1 unspecified atom stereocenters. The van der Waals surface area contributed by atoms with E-state index in [2.05, 4.69) is 35.5 Å². The highest BCUT2D eigenvalue weighted by Crippen LogP contribution is 2.29. The summed E-state index contributed by atoms with van der Waals surface area (Å²) < 4.78 is 0. The smallest absolute Gasteiger partial charge is 0.191 e. The van der Waals surface area contributed by atoms with Crippen molar-refractivity contribution in [2.45, 2.75) is 10.8 Å². The third-order valence-corrected chi connectivity index (χ3v) is 3.75. The Morgan fingerprint density at radius 1 is 1.44 bits per heavy atom. The van der Waals surface area contributed by atoms with Crippen LogP contribution >= 0.6 is 11.8 Å². The van der Waals surface area contributed by atoms with Gasteiger partial charge >= 0.3 is 0 Å². The predicted molar refractivity (Wildman–Crippen MR) is 70.1 cm³/mol. The molecule has 1 aliphatic heterocycles. The Bertz CT molecular complexity index is 403. The summed E-state index contributed by atoms with van der Waals surface area (Å²) in [5, 5.41) is 0. The number of hydrogen-bond donors (Lipinski definition) is 1. The van der Waals surface area contributed by atoms with Gasteiger partial charge in [0.05, 0.1) is 6.54 Å². The third-order valence-electron chi connectivity index (χ3n) is 2.94. The fraction of sp³-hybridized carbons (Fsp3) is 0.417. The first-order valence-corrected chi connectivity index (χ1v) is 6.59. The zero-order valence-electron chi connectivity index (χ0n) is 9.68. The summed E-state index contributed by atoms with van der Waals surface area (Å²) in [5.41, 5.74) is 7.15. The maximum Gasteiger partial charge on any atom is 0.191 e. The number of benzene rings is 1. The summed E-state index contributed by atoms with van der Waals surface area (Å²) in [6.45, 7) is 1.75. The maximum atomic E-state index is 5.76. The van der Waals surface area contributed by atoms with Crippen molar-refractivity contribution in [1.29, 1.82) is 0 Å². The Kier molecular flexibility index (Phi) is 3.39. The van der Waals surface area contributed by atoms with Crippen LogP contribution in [0.3, 0.4) is 0 Å². The molecule has 0 saturated carbocycles. The molecule has 2 rings (SSSR count). The van der Waals surface area contributed by atoms with Gasteiger partial charge in [0, 0.05) is 24.4 Å². The van der Waals surface area contributed by atoms with Gasteiger partial charge in [0.1, 0.15) is 0 Å². The molecule has 1 atom stereocenters. The quantitative estimate of drug-likeness (QED) is 0.794. The summed E-state index contributed by atoms with van der Waals surface area (Å²) in [5.74, 6) is 1.11. The summed E-state index contributed by atoms with van der Waals surface area (Å²) >= 11 is 1.79. The van der Waals surface area contributed by atoms with Crippen LogP contribution in [-0.4, -0.2) is 37.3 Å². The van der Waals surface area contributed by atoms with Crippen LogP contribution in [0.4, 0.5) is 0 Å². The topological polar surface area (TPSA) is 41.6 Å².